The predicted molar refractivity (Wildman–Crippen MR) is 127 cm³/mol. The van der Waals surface area contributed by atoms with E-state index in [0.29, 0.717) is 30.7 Å². The standard InChI is InChI=1S/C27H28F3N3O4/c1-3-33-23(34)20-21(24(33)35)26(31-22(20)17-7-11-19(37-2)12-8-17)13-4-14-32(25(26)36)15-16-5-9-18(10-6-16)27(28,29)30/h5-12,20-22,31H,3-4,13-15H2,1-2H3/t20-,21-,22-,26-/m1/s1. The Morgan fingerprint density at radius 1 is 1.03 bits per heavy atom. The van der Waals surface area contributed by atoms with Crippen LogP contribution < -0.4 is 10.1 Å². The van der Waals surface area contributed by atoms with Gasteiger partial charge in [-0.3, -0.25) is 24.6 Å². The maximum absolute atomic E-state index is 14.0. The molecule has 1 N–H and O–H groups in total. The molecule has 7 nitrogen and oxygen atoms in total. The molecule has 0 saturated carbocycles. The van der Waals surface area contributed by atoms with Crippen LogP contribution in [0.4, 0.5) is 13.2 Å². The molecule has 37 heavy (non-hydrogen) atoms. The van der Waals surface area contributed by atoms with Crippen LogP contribution in [0.25, 0.3) is 0 Å². The number of hydrogen-bond acceptors (Lipinski definition) is 5. The highest BCUT2D eigenvalue weighted by atomic mass is 19.4. The number of piperidine rings is 1. The van der Waals surface area contributed by atoms with E-state index in [-0.39, 0.29) is 30.8 Å². The fourth-order valence-corrected chi connectivity index (χ4v) is 6.11. The maximum atomic E-state index is 14.0. The van der Waals surface area contributed by atoms with Gasteiger partial charge in [0.15, 0.2) is 0 Å². The fourth-order valence-electron chi connectivity index (χ4n) is 6.11. The molecule has 2 aromatic rings. The van der Waals surface area contributed by atoms with E-state index in [1.54, 1.807) is 31.1 Å². The van der Waals surface area contributed by atoms with Crippen molar-refractivity contribution in [2.24, 2.45) is 11.8 Å². The van der Waals surface area contributed by atoms with E-state index in [4.69, 9.17) is 4.74 Å². The van der Waals surface area contributed by atoms with Crippen molar-refractivity contribution in [3.8, 4) is 5.75 Å². The lowest BCUT2D eigenvalue weighted by Gasteiger charge is -2.42. The summed E-state index contributed by atoms with van der Waals surface area (Å²) in [5, 5.41) is 3.41. The molecule has 5 rings (SSSR count). The van der Waals surface area contributed by atoms with Gasteiger partial charge in [-0.15, -0.1) is 0 Å². The lowest BCUT2D eigenvalue weighted by atomic mass is 9.74. The molecule has 10 heteroatoms. The summed E-state index contributed by atoms with van der Waals surface area (Å²) in [7, 11) is 1.55. The maximum Gasteiger partial charge on any atom is 0.416 e. The quantitative estimate of drug-likeness (QED) is 0.617. The van der Waals surface area contributed by atoms with Crippen LogP contribution in [0.2, 0.25) is 0 Å². The van der Waals surface area contributed by atoms with E-state index in [1.165, 1.54) is 17.0 Å². The van der Waals surface area contributed by atoms with Crippen LogP contribution in [-0.2, 0) is 27.1 Å². The van der Waals surface area contributed by atoms with Crippen LogP contribution in [-0.4, -0.2) is 53.3 Å². The van der Waals surface area contributed by atoms with Gasteiger partial charge in [0.05, 0.1) is 24.5 Å². The number of nitrogens with zero attached hydrogens (tertiary/aromatic N) is 2. The molecular weight excluding hydrogens is 487 g/mol. The lowest BCUT2D eigenvalue weighted by Crippen LogP contribution is -2.63. The van der Waals surface area contributed by atoms with E-state index in [0.717, 1.165) is 17.7 Å². The number of imide groups is 1. The summed E-state index contributed by atoms with van der Waals surface area (Å²) in [5.74, 6) is -1.89. The number of fused-ring (bicyclic) bond motifs is 2. The van der Waals surface area contributed by atoms with Gasteiger partial charge >= 0.3 is 6.18 Å². The summed E-state index contributed by atoms with van der Waals surface area (Å²) in [5.41, 5.74) is -0.686. The number of nitrogens with one attached hydrogen (secondary N) is 1. The number of amides is 3. The van der Waals surface area contributed by atoms with E-state index in [9.17, 15) is 27.6 Å². The molecule has 3 saturated heterocycles. The van der Waals surface area contributed by atoms with Crippen molar-refractivity contribution < 1.29 is 32.3 Å². The summed E-state index contributed by atoms with van der Waals surface area (Å²) in [6, 6.07) is 11.4. The van der Waals surface area contributed by atoms with Gasteiger partial charge in [-0.05, 0) is 55.2 Å². The number of rotatable bonds is 5. The Bertz CT molecular complexity index is 1210. The average molecular weight is 516 g/mol. The van der Waals surface area contributed by atoms with Crippen molar-refractivity contribution >= 4 is 17.7 Å². The highest BCUT2D eigenvalue weighted by Crippen LogP contribution is 2.52. The van der Waals surface area contributed by atoms with Gasteiger partial charge in [0.1, 0.15) is 11.3 Å². The summed E-state index contributed by atoms with van der Waals surface area (Å²) < 4.78 is 44.2. The average Bonchev–Trinajstić information content (AvgIpc) is 3.35. The van der Waals surface area contributed by atoms with Crippen molar-refractivity contribution in [2.45, 2.75) is 44.1 Å². The predicted octanol–water partition coefficient (Wildman–Crippen LogP) is 3.54. The first-order valence-electron chi connectivity index (χ1n) is 12.3. The van der Waals surface area contributed by atoms with Gasteiger partial charge in [0.2, 0.25) is 17.7 Å². The Morgan fingerprint density at radius 3 is 2.30 bits per heavy atom. The summed E-state index contributed by atoms with van der Waals surface area (Å²) in [6.07, 6.45) is -3.46. The first-order valence-corrected chi connectivity index (χ1v) is 12.3. The second kappa shape index (κ2) is 9.16. The number of benzene rings is 2. The van der Waals surface area contributed by atoms with Crippen LogP contribution in [0.15, 0.2) is 48.5 Å². The Kier molecular flexibility index (Phi) is 6.26. The minimum absolute atomic E-state index is 0.116. The lowest BCUT2D eigenvalue weighted by molar-refractivity contribution is -0.150. The zero-order valence-corrected chi connectivity index (χ0v) is 20.5. The number of likely N-dealkylation sites (tertiary alicyclic amines) is 2. The molecule has 0 radical (unpaired) electrons. The molecule has 196 valence electrons. The van der Waals surface area contributed by atoms with Crippen molar-refractivity contribution in [1.82, 2.24) is 15.1 Å². The minimum atomic E-state index is -4.44. The number of alkyl halides is 3. The molecule has 0 aliphatic carbocycles. The van der Waals surface area contributed by atoms with E-state index in [2.05, 4.69) is 5.32 Å². The SMILES string of the molecule is CCN1C(=O)[C@H]2[C@@H](c3ccc(OC)cc3)N[C@]3(CCCN(Cc4ccc(C(F)(F)F)cc4)C3=O)[C@H]2C1=O. The van der Waals surface area contributed by atoms with Gasteiger partial charge in [-0.1, -0.05) is 24.3 Å². The molecule has 2 aromatic carbocycles. The van der Waals surface area contributed by atoms with Crippen molar-refractivity contribution in [3.05, 3.63) is 65.2 Å². The highest BCUT2D eigenvalue weighted by molar-refractivity contribution is 6.10. The van der Waals surface area contributed by atoms with Crippen LogP contribution in [0, 0.1) is 11.8 Å². The van der Waals surface area contributed by atoms with Gasteiger partial charge in [0.25, 0.3) is 0 Å². The van der Waals surface area contributed by atoms with Crippen LogP contribution in [0.3, 0.4) is 0 Å². The number of ether oxygens (including phenoxy) is 1. The van der Waals surface area contributed by atoms with E-state index < -0.39 is 35.2 Å². The molecule has 3 aliphatic rings. The summed E-state index contributed by atoms with van der Waals surface area (Å²) in [4.78, 5) is 43.7. The third-order valence-electron chi connectivity index (χ3n) is 7.86. The number of halogens is 3. The third kappa shape index (κ3) is 4.07. The zero-order chi connectivity index (χ0) is 26.5. The Balaban J connectivity index is 1.48. The molecule has 3 aliphatic heterocycles. The van der Waals surface area contributed by atoms with Crippen LogP contribution in [0.1, 0.15) is 42.5 Å². The second-order valence-electron chi connectivity index (χ2n) is 9.82. The Labute approximate surface area is 212 Å². The smallest absolute Gasteiger partial charge is 0.416 e. The topological polar surface area (TPSA) is 79.0 Å². The van der Waals surface area contributed by atoms with Gasteiger partial charge < -0.3 is 9.64 Å². The number of methoxy groups -OCH3 is 1. The largest absolute Gasteiger partial charge is 0.497 e. The molecule has 0 bridgehead atoms. The summed E-state index contributed by atoms with van der Waals surface area (Å²) in [6.45, 7) is 2.48. The minimum Gasteiger partial charge on any atom is -0.497 e. The van der Waals surface area contributed by atoms with Crippen LogP contribution >= 0.6 is 0 Å². The number of carbonyl (C=O) groups is 3. The first-order chi connectivity index (χ1) is 17.6. The molecule has 1 spiro atoms. The number of hydrogen-bond donors (Lipinski definition) is 1. The zero-order valence-electron chi connectivity index (χ0n) is 20.5. The summed E-state index contributed by atoms with van der Waals surface area (Å²) >= 11 is 0. The first kappa shape index (κ1) is 25.3. The Hall–Kier alpha value is -3.40. The molecule has 0 unspecified atom stereocenters. The van der Waals surface area contributed by atoms with Crippen LogP contribution in [0.5, 0.6) is 5.75 Å². The molecule has 3 fully saturated rings. The van der Waals surface area contributed by atoms with E-state index in [1.807, 2.05) is 12.1 Å². The molecule has 4 atom stereocenters. The van der Waals surface area contributed by atoms with Gasteiger partial charge in [0, 0.05) is 25.7 Å². The second-order valence-corrected chi connectivity index (χ2v) is 9.82. The Morgan fingerprint density at radius 2 is 1.70 bits per heavy atom. The molecule has 0 aromatic heterocycles. The highest BCUT2D eigenvalue weighted by Gasteiger charge is 2.68. The van der Waals surface area contributed by atoms with Crippen molar-refractivity contribution in [2.75, 3.05) is 20.2 Å². The molecule has 3 heterocycles. The molecule has 3 amide bonds. The monoisotopic (exact) mass is 515 g/mol. The van der Waals surface area contributed by atoms with Crippen molar-refractivity contribution in [1.29, 1.82) is 0 Å². The third-order valence-corrected chi connectivity index (χ3v) is 7.86. The van der Waals surface area contributed by atoms with E-state index >= 15 is 0 Å². The van der Waals surface area contributed by atoms with Crippen molar-refractivity contribution in [3.63, 3.8) is 0 Å². The fraction of sp³-hybridized carbons (Fsp3) is 0.444. The molecular formula is C27H28F3N3O4. The normalized spacial score (nSPS) is 27.8. The van der Waals surface area contributed by atoms with Gasteiger partial charge in [-0.25, -0.2) is 0 Å². The van der Waals surface area contributed by atoms with Gasteiger partial charge in [-0.2, -0.15) is 13.2 Å². The number of carbonyl (C=O) groups excluding carboxylic acids is 3.